The number of hydrogen-bond donors (Lipinski definition) is 1. The Morgan fingerprint density at radius 2 is 2.04 bits per heavy atom. The van der Waals surface area contributed by atoms with E-state index in [-0.39, 0.29) is 5.91 Å². The molecule has 0 atom stereocenters. The van der Waals surface area contributed by atoms with Crippen molar-refractivity contribution in [1.82, 2.24) is 15.1 Å². The molecular formula is C20H19ClN4O2. The summed E-state index contributed by atoms with van der Waals surface area (Å²) in [7, 11) is 0. The number of carbonyl (C=O) groups excluding carboxylic acids is 1. The van der Waals surface area contributed by atoms with E-state index >= 15 is 0 Å². The maximum absolute atomic E-state index is 11.4. The van der Waals surface area contributed by atoms with Gasteiger partial charge in [-0.15, -0.1) is 10.2 Å². The molecule has 1 aliphatic heterocycles. The Labute approximate surface area is 162 Å². The summed E-state index contributed by atoms with van der Waals surface area (Å²) >= 11 is 5.92. The molecule has 138 valence electrons. The fourth-order valence-electron chi connectivity index (χ4n) is 3.33. The molecule has 0 saturated heterocycles. The number of halogens is 1. The van der Waals surface area contributed by atoms with Gasteiger partial charge in [0.25, 0.3) is 0 Å². The second kappa shape index (κ2) is 7.50. The third kappa shape index (κ3) is 4.02. The van der Waals surface area contributed by atoms with Gasteiger partial charge < -0.3 is 9.73 Å². The van der Waals surface area contributed by atoms with Crippen molar-refractivity contribution >= 4 is 23.2 Å². The number of nitrogens with zero attached hydrogens (tertiary/aromatic N) is 3. The van der Waals surface area contributed by atoms with Gasteiger partial charge in [-0.2, -0.15) is 0 Å². The molecule has 0 saturated carbocycles. The zero-order chi connectivity index (χ0) is 18.8. The van der Waals surface area contributed by atoms with Crippen LogP contribution in [0.4, 0.5) is 5.69 Å². The van der Waals surface area contributed by atoms with E-state index < -0.39 is 0 Å². The van der Waals surface area contributed by atoms with Crippen LogP contribution in [0.2, 0.25) is 5.02 Å². The van der Waals surface area contributed by atoms with Crippen molar-refractivity contribution in [2.24, 2.45) is 0 Å². The number of hydrogen-bond acceptors (Lipinski definition) is 5. The van der Waals surface area contributed by atoms with Crippen LogP contribution in [0.25, 0.3) is 11.5 Å². The van der Waals surface area contributed by atoms with Gasteiger partial charge in [0.15, 0.2) is 0 Å². The molecule has 1 aromatic heterocycles. The molecule has 3 aromatic rings. The number of rotatable bonds is 4. The smallest absolute Gasteiger partial charge is 0.247 e. The molecule has 2 aromatic carbocycles. The number of aromatic nitrogens is 2. The first-order valence-electron chi connectivity index (χ1n) is 8.77. The molecule has 1 aliphatic rings. The summed E-state index contributed by atoms with van der Waals surface area (Å²) in [5.74, 6) is 1.03. The lowest BCUT2D eigenvalue weighted by atomic mass is 9.97. The van der Waals surface area contributed by atoms with E-state index in [1.54, 1.807) is 12.1 Å². The highest BCUT2D eigenvalue weighted by Crippen LogP contribution is 2.27. The number of nitrogens with one attached hydrogen (secondary N) is 1. The van der Waals surface area contributed by atoms with Crippen LogP contribution in [-0.2, 0) is 24.3 Å². The van der Waals surface area contributed by atoms with Crippen molar-refractivity contribution in [3.8, 4) is 11.5 Å². The fourth-order valence-corrected chi connectivity index (χ4v) is 3.45. The maximum atomic E-state index is 11.4. The van der Waals surface area contributed by atoms with Crippen LogP contribution in [0.5, 0.6) is 0 Å². The highest BCUT2D eigenvalue weighted by molar-refractivity contribution is 6.30. The van der Waals surface area contributed by atoms with E-state index in [1.807, 2.05) is 24.3 Å². The van der Waals surface area contributed by atoms with Crippen molar-refractivity contribution in [3.63, 3.8) is 0 Å². The average molecular weight is 383 g/mol. The molecule has 1 amide bonds. The summed E-state index contributed by atoms with van der Waals surface area (Å²) in [6.07, 6.45) is 0.865. The Hall–Kier alpha value is -2.70. The van der Waals surface area contributed by atoms with E-state index in [4.69, 9.17) is 16.0 Å². The van der Waals surface area contributed by atoms with Gasteiger partial charge in [0.2, 0.25) is 17.7 Å². The van der Waals surface area contributed by atoms with Gasteiger partial charge in [0, 0.05) is 36.3 Å². The van der Waals surface area contributed by atoms with Gasteiger partial charge in [-0.1, -0.05) is 23.7 Å². The van der Waals surface area contributed by atoms with Gasteiger partial charge in [0.05, 0.1) is 6.54 Å². The molecule has 1 N–H and O–H groups in total. The lowest BCUT2D eigenvalue weighted by molar-refractivity contribution is -0.114. The van der Waals surface area contributed by atoms with E-state index in [0.29, 0.717) is 23.3 Å². The lowest BCUT2D eigenvalue weighted by Crippen LogP contribution is -2.30. The summed E-state index contributed by atoms with van der Waals surface area (Å²) in [4.78, 5) is 13.6. The summed E-state index contributed by atoms with van der Waals surface area (Å²) in [6, 6.07) is 13.3. The normalized spacial score (nSPS) is 14.0. The van der Waals surface area contributed by atoms with Gasteiger partial charge >= 0.3 is 0 Å². The second-order valence-corrected chi connectivity index (χ2v) is 7.03. The van der Waals surface area contributed by atoms with Crippen molar-refractivity contribution in [2.75, 3.05) is 11.9 Å². The summed E-state index contributed by atoms with van der Waals surface area (Å²) in [5.41, 5.74) is 4.17. The van der Waals surface area contributed by atoms with Crippen LogP contribution < -0.4 is 5.32 Å². The first-order valence-corrected chi connectivity index (χ1v) is 9.15. The molecule has 6 nitrogen and oxygen atoms in total. The first kappa shape index (κ1) is 17.7. The Morgan fingerprint density at radius 1 is 1.22 bits per heavy atom. The summed E-state index contributed by atoms with van der Waals surface area (Å²) in [6.45, 7) is 3.76. The molecule has 0 spiro atoms. The molecule has 0 fully saturated rings. The molecule has 2 heterocycles. The van der Waals surface area contributed by atoms with Crippen LogP contribution in [0.3, 0.4) is 0 Å². The third-order valence-corrected chi connectivity index (χ3v) is 4.82. The molecule has 0 bridgehead atoms. The Bertz CT molecular complexity index is 968. The molecule has 4 rings (SSSR count). The zero-order valence-corrected chi connectivity index (χ0v) is 15.7. The number of fused-ring (bicyclic) bond motifs is 1. The van der Waals surface area contributed by atoms with E-state index in [2.05, 4.69) is 26.5 Å². The first-order chi connectivity index (χ1) is 13.1. The Morgan fingerprint density at radius 3 is 2.81 bits per heavy atom. The lowest BCUT2D eigenvalue weighted by Gasteiger charge is -2.28. The third-order valence-electron chi connectivity index (χ3n) is 4.57. The van der Waals surface area contributed by atoms with Crippen LogP contribution >= 0.6 is 11.6 Å². The van der Waals surface area contributed by atoms with E-state index in [0.717, 1.165) is 30.8 Å². The maximum Gasteiger partial charge on any atom is 0.247 e. The minimum atomic E-state index is -0.0496. The van der Waals surface area contributed by atoms with Crippen molar-refractivity contribution < 1.29 is 9.21 Å². The average Bonchev–Trinajstić information content (AvgIpc) is 3.10. The molecular weight excluding hydrogens is 364 g/mol. The van der Waals surface area contributed by atoms with Crippen molar-refractivity contribution in [3.05, 3.63) is 64.5 Å². The van der Waals surface area contributed by atoms with Crippen LogP contribution in [-0.4, -0.2) is 27.5 Å². The van der Waals surface area contributed by atoms with Gasteiger partial charge in [-0.05, 0) is 47.9 Å². The predicted octanol–water partition coefficient (Wildman–Crippen LogP) is 3.91. The minimum Gasteiger partial charge on any atom is -0.419 e. The molecule has 0 aliphatic carbocycles. The molecule has 0 radical (unpaired) electrons. The topological polar surface area (TPSA) is 71.3 Å². The van der Waals surface area contributed by atoms with E-state index in [1.165, 1.54) is 18.1 Å². The van der Waals surface area contributed by atoms with E-state index in [9.17, 15) is 4.79 Å². The number of amides is 1. The molecule has 7 heteroatoms. The van der Waals surface area contributed by atoms with Crippen LogP contribution in [0, 0.1) is 0 Å². The Balaban J connectivity index is 1.46. The highest BCUT2D eigenvalue weighted by Gasteiger charge is 2.21. The summed E-state index contributed by atoms with van der Waals surface area (Å²) < 4.78 is 5.81. The number of benzene rings is 2. The zero-order valence-electron chi connectivity index (χ0n) is 14.9. The van der Waals surface area contributed by atoms with Crippen molar-refractivity contribution in [1.29, 1.82) is 0 Å². The highest BCUT2D eigenvalue weighted by atomic mass is 35.5. The number of anilines is 1. The minimum absolute atomic E-state index is 0.0496. The SMILES string of the molecule is CC(=O)Nc1cccc2c1CCN(Cc1nnc(-c3ccc(Cl)cc3)o1)C2. The molecule has 0 unspecified atom stereocenters. The fraction of sp³-hybridized carbons (Fsp3) is 0.250. The number of carbonyl (C=O) groups is 1. The Kier molecular flexibility index (Phi) is 4.92. The largest absolute Gasteiger partial charge is 0.419 e. The second-order valence-electron chi connectivity index (χ2n) is 6.59. The molecule has 27 heavy (non-hydrogen) atoms. The summed E-state index contributed by atoms with van der Waals surface area (Å²) in [5, 5.41) is 11.9. The van der Waals surface area contributed by atoms with Crippen LogP contribution in [0.15, 0.2) is 46.9 Å². The quantitative estimate of drug-likeness (QED) is 0.740. The predicted molar refractivity (Wildman–Crippen MR) is 103 cm³/mol. The monoisotopic (exact) mass is 382 g/mol. The van der Waals surface area contributed by atoms with Crippen molar-refractivity contribution in [2.45, 2.75) is 26.4 Å². The standard InChI is InChI=1S/C20H19ClN4O2/c1-13(26)22-18-4-2-3-15-11-25(10-9-17(15)18)12-19-23-24-20(27-19)14-5-7-16(21)8-6-14/h2-8H,9-12H2,1H3,(H,22,26). The van der Waals surface area contributed by atoms with Gasteiger partial charge in [-0.3, -0.25) is 9.69 Å². The van der Waals surface area contributed by atoms with Crippen LogP contribution in [0.1, 0.15) is 23.9 Å². The van der Waals surface area contributed by atoms with Gasteiger partial charge in [-0.25, -0.2) is 0 Å². The van der Waals surface area contributed by atoms with Gasteiger partial charge in [0.1, 0.15) is 0 Å².